The van der Waals surface area contributed by atoms with Gasteiger partial charge in [-0.15, -0.1) is 0 Å². The van der Waals surface area contributed by atoms with E-state index in [0.717, 1.165) is 19.5 Å². The second-order valence-electron chi connectivity index (χ2n) is 3.45. The summed E-state index contributed by atoms with van der Waals surface area (Å²) in [6, 6.07) is 2.87. The minimum absolute atomic E-state index is 0.154. The molecule has 0 aromatic heterocycles. The van der Waals surface area contributed by atoms with Gasteiger partial charge in [-0.1, -0.05) is 23.2 Å². The molecular formula is C10H10Cl2FN. The molecule has 1 aliphatic heterocycles. The Morgan fingerprint density at radius 1 is 1.36 bits per heavy atom. The molecule has 76 valence electrons. The zero-order valence-electron chi connectivity index (χ0n) is 7.49. The Hall–Kier alpha value is -0.310. The third kappa shape index (κ3) is 1.74. The monoisotopic (exact) mass is 233 g/mol. The molecule has 1 saturated heterocycles. The van der Waals surface area contributed by atoms with E-state index in [1.165, 1.54) is 12.1 Å². The molecule has 1 atom stereocenters. The predicted octanol–water partition coefficient (Wildman–Crippen LogP) is 3.21. The highest BCUT2D eigenvalue weighted by atomic mass is 35.5. The van der Waals surface area contributed by atoms with Crippen molar-refractivity contribution in [1.82, 2.24) is 5.32 Å². The highest BCUT2D eigenvalue weighted by Gasteiger charge is 2.23. The molecule has 2 rings (SSSR count). The molecule has 1 aliphatic rings. The maximum absolute atomic E-state index is 13.5. The fourth-order valence-electron chi connectivity index (χ4n) is 1.82. The minimum Gasteiger partial charge on any atom is -0.316 e. The SMILES string of the molecule is Fc1ccc(Cl)c(Cl)c1C1CCNC1. The quantitative estimate of drug-likeness (QED) is 0.735. The summed E-state index contributed by atoms with van der Waals surface area (Å²) in [7, 11) is 0. The molecule has 0 amide bonds. The van der Waals surface area contributed by atoms with Crippen LogP contribution in [0.2, 0.25) is 10.0 Å². The van der Waals surface area contributed by atoms with Crippen LogP contribution in [0.15, 0.2) is 12.1 Å². The standard InChI is InChI=1S/C10H10Cl2FN/c11-7-1-2-8(13)9(10(7)12)6-3-4-14-5-6/h1-2,6,14H,3-5H2. The minimum atomic E-state index is -0.256. The molecule has 14 heavy (non-hydrogen) atoms. The van der Waals surface area contributed by atoms with Gasteiger partial charge in [0.1, 0.15) is 5.82 Å². The van der Waals surface area contributed by atoms with Gasteiger partial charge in [0.05, 0.1) is 10.0 Å². The van der Waals surface area contributed by atoms with Gasteiger partial charge >= 0.3 is 0 Å². The van der Waals surface area contributed by atoms with E-state index in [-0.39, 0.29) is 11.7 Å². The van der Waals surface area contributed by atoms with Crippen LogP contribution in [0.3, 0.4) is 0 Å². The van der Waals surface area contributed by atoms with Crippen LogP contribution in [0.4, 0.5) is 4.39 Å². The topological polar surface area (TPSA) is 12.0 Å². The van der Waals surface area contributed by atoms with Crippen molar-refractivity contribution in [3.05, 3.63) is 33.6 Å². The van der Waals surface area contributed by atoms with Crippen LogP contribution in [0.5, 0.6) is 0 Å². The molecule has 1 heterocycles. The Labute approximate surface area is 92.2 Å². The van der Waals surface area contributed by atoms with Gasteiger partial charge in [-0.05, 0) is 25.1 Å². The number of nitrogens with one attached hydrogen (secondary N) is 1. The fraction of sp³-hybridized carbons (Fsp3) is 0.400. The van der Waals surface area contributed by atoms with Crippen molar-refractivity contribution >= 4 is 23.2 Å². The maximum Gasteiger partial charge on any atom is 0.128 e. The lowest BCUT2D eigenvalue weighted by Gasteiger charge is -2.12. The molecule has 0 bridgehead atoms. The molecule has 4 heteroatoms. The first-order valence-corrected chi connectivity index (χ1v) is 5.30. The van der Waals surface area contributed by atoms with Crippen LogP contribution in [0, 0.1) is 5.82 Å². The van der Waals surface area contributed by atoms with Crippen LogP contribution >= 0.6 is 23.2 Å². The van der Waals surface area contributed by atoms with Crippen LogP contribution in [0.25, 0.3) is 0 Å². The highest BCUT2D eigenvalue weighted by molar-refractivity contribution is 6.42. The Balaban J connectivity index is 2.44. The van der Waals surface area contributed by atoms with Gasteiger partial charge in [-0.2, -0.15) is 0 Å². The average Bonchev–Trinajstić information content (AvgIpc) is 2.65. The van der Waals surface area contributed by atoms with Gasteiger partial charge in [-0.3, -0.25) is 0 Å². The first-order valence-electron chi connectivity index (χ1n) is 4.54. The molecule has 0 spiro atoms. The molecule has 1 fully saturated rings. The van der Waals surface area contributed by atoms with Gasteiger partial charge in [0.15, 0.2) is 0 Å². The van der Waals surface area contributed by atoms with E-state index in [0.29, 0.717) is 15.6 Å². The Bertz CT molecular complexity index is 348. The van der Waals surface area contributed by atoms with E-state index in [9.17, 15) is 4.39 Å². The lowest BCUT2D eigenvalue weighted by Crippen LogP contribution is -2.09. The average molecular weight is 234 g/mol. The van der Waals surface area contributed by atoms with E-state index in [1.807, 2.05) is 0 Å². The predicted molar refractivity (Wildman–Crippen MR) is 56.6 cm³/mol. The van der Waals surface area contributed by atoms with E-state index >= 15 is 0 Å². The zero-order valence-corrected chi connectivity index (χ0v) is 9.00. The maximum atomic E-state index is 13.5. The fourth-order valence-corrected chi connectivity index (χ4v) is 2.29. The van der Waals surface area contributed by atoms with Gasteiger partial charge in [-0.25, -0.2) is 4.39 Å². The van der Waals surface area contributed by atoms with Crippen molar-refractivity contribution < 1.29 is 4.39 Å². The van der Waals surface area contributed by atoms with E-state index in [4.69, 9.17) is 23.2 Å². The summed E-state index contributed by atoms with van der Waals surface area (Å²) in [5, 5.41) is 3.96. The molecule has 1 N–H and O–H groups in total. The number of halogens is 3. The van der Waals surface area contributed by atoms with E-state index in [2.05, 4.69) is 5.32 Å². The Kier molecular flexibility index (Phi) is 2.96. The number of hydrogen-bond acceptors (Lipinski definition) is 1. The first kappa shape index (κ1) is 10.2. The van der Waals surface area contributed by atoms with Gasteiger partial charge in [0.25, 0.3) is 0 Å². The summed E-state index contributed by atoms with van der Waals surface area (Å²) >= 11 is 11.8. The van der Waals surface area contributed by atoms with Crippen molar-refractivity contribution in [1.29, 1.82) is 0 Å². The summed E-state index contributed by atoms with van der Waals surface area (Å²) in [5.74, 6) is -0.103. The van der Waals surface area contributed by atoms with E-state index in [1.54, 1.807) is 0 Å². The van der Waals surface area contributed by atoms with Crippen molar-refractivity contribution in [2.75, 3.05) is 13.1 Å². The first-order chi connectivity index (χ1) is 6.70. The van der Waals surface area contributed by atoms with Gasteiger partial charge in [0.2, 0.25) is 0 Å². The van der Waals surface area contributed by atoms with Crippen LogP contribution < -0.4 is 5.32 Å². The summed E-state index contributed by atoms with van der Waals surface area (Å²) in [4.78, 5) is 0. The van der Waals surface area contributed by atoms with Crippen LogP contribution in [-0.2, 0) is 0 Å². The van der Waals surface area contributed by atoms with Crippen LogP contribution in [0.1, 0.15) is 17.9 Å². The van der Waals surface area contributed by atoms with Gasteiger partial charge < -0.3 is 5.32 Å². The molecule has 0 aliphatic carbocycles. The number of rotatable bonds is 1. The third-order valence-corrected chi connectivity index (χ3v) is 3.37. The summed E-state index contributed by atoms with van der Waals surface area (Å²) < 4.78 is 13.5. The zero-order chi connectivity index (χ0) is 10.1. The molecular weight excluding hydrogens is 224 g/mol. The molecule has 1 aromatic rings. The molecule has 1 unspecified atom stereocenters. The largest absolute Gasteiger partial charge is 0.316 e. The summed E-state index contributed by atoms with van der Waals surface area (Å²) in [5.41, 5.74) is 0.559. The Morgan fingerprint density at radius 2 is 2.14 bits per heavy atom. The Morgan fingerprint density at radius 3 is 2.79 bits per heavy atom. The van der Waals surface area contributed by atoms with E-state index < -0.39 is 0 Å². The molecule has 1 nitrogen and oxygen atoms in total. The lowest BCUT2D eigenvalue weighted by molar-refractivity contribution is 0.588. The molecule has 1 aromatic carbocycles. The normalized spacial score (nSPS) is 21.5. The van der Waals surface area contributed by atoms with Gasteiger partial charge in [0, 0.05) is 18.0 Å². The summed E-state index contributed by atoms with van der Waals surface area (Å²) in [6.45, 7) is 1.68. The second-order valence-corrected chi connectivity index (χ2v) is 4.23. The smallest absolute Gasteiger partial charge is 0.128 e. The number of benzene rings is 1. The molecule has 0 radical (unpaired) electrons. The lowest BCUT2D eigenvalue weighted by atomic mass is 9.98. The van der Waals surface area contributed by atoms with Crippen molar-refractivity contribution in [2.24, 2.45) is 0 Å². The second kappa shape index (κ2) is 4.05. The van der Waals surface area contributed by atoms with Crippen molar-refractivity contribution in [3.63, 3.8) is 0 Å². The van der Waals surface area contributed by atoms with Crippen molar-refractivity contribution in [2.45, 2.75) is 12.3 Å². The molecule has 0 saturated carbocycles. The highest BCUT2D eigenvalue weighted by Crippen LogP contribution is 2.35. The third-order valence-electron chi connectivity index (χ3n) is 2.55. The number of hydrogen-bond donors (Lipinski definition) is 1. The summed E-state index contributed by atoms with van der Waals surface area (Å²) in [6.07, 6.45) is 0.914. The van der Waals surface area contributed by atoms with Crippen LogP contribution in [-0.4, -0.2) is 13.1 Å². The van der Waals surface area contributed by atoms with Crippen molar-refractivity contribution in [3.8, 4) is 0 Å².